The topological polar surface area (TPSA) is 41.9 Å². The summed E-state index contributed by atoms with van der Waals surface area (Å²) in [6.45, 7) is 23.2. The van der Waals surface area contributed by atoms with Gasteiger partial charge >= 0.3 is 14.2 Å². The molecule has 262 valence electrons. The van der Waals surface area contributed by atoms with E-state index >= 15 is 0 Å². The fourth-order valence-electron chi connectivity index (χ4n) is 7.74. The molecule has 0 radical (unpaired) electrons. The van der Waals surface area contributed by atoms with Crippen LogP contribution in [0.1, 0.15) is 73.4 Å². The van der Waals surface area contributed by atoms with Crippen LogP contribution in [0.5, 0.6) is 0 Å². The molecule has 0 spiro atoms. The molecular formula is C45H47B2NO4. The van der Waals surface area contributed by atoms with E-state index in [1.54, 1.807) is 0 Å². The normalized spacial score (nSPS) is 19.1. The number of hydrogen-bond donors (Lipinski definition) is 0. The van der Waals surface area contributed by atoms with Crippen LogP contribution < -0.4 is 10.9 Å². The summed E-state index contributed by atoms with van der Waals surface area (Å²) in [6.07, 6.45) is 6.22. The third-order valence-electron chi connectivity index (χ3n) is 12.0. The van der Waals surface area contributed by atoms with Gasteiger partial charge in [-0.15, -0.1) is 0 Å². The maximum Gasteiger partial charge on any atom is 0.495 e. The molecule has 8 rings (SSSR count). The second-order valence-electron chi connectivity index (χ2n) is 16.2. The molecule has 2 fully saturated rings. The zero-order chi connectivity index (χ0) is 36.8. The van der Waals surface area contributed by atoms with Crippen molar-refractivity contribution >= 4 is 69.9 Å². The molecule has 0 bridgehead atoms. The zero-order valence-corrected chi connectivity index (χ0v) is 31.8. The van der Waals surface area contributed by atoms with E-state index in [1.807, 2.05) is 13.0 Å². The molecule has 6 aromatic rings. The maximum absolute atomic E-state index is 6.67. The lowest BCUT2D eigenvalue weighted by Gasteiger charge is -2.32. The van der Waals surface area contributed by atoms with Crippen molar-refractivity contribution in [2.75, 3.05) is 0 Å². The van der Waals surface area contributed by atoms with Crippen molar-refractivity contribution in [2.24, 2.45) is 0 Å². The molecule has 5 nitrogen and oxygen atoms in total. The average Bonchev–Trinajstić information content (AvgIpc) is 3.63. The monoisotopic (exact) mass is 687 g/mol. The van der Waals surface area contributed by atoms with Gasteiger partial charge in [0.1, 0.15) is 0 Å². The third-order valence-corrected chi connectivity index (χ3v) is 12.0. The van der Waals surface area contributed by atoms with E-state index < -0.39 is 36.6 Å². The number of benzene rings is 5. The maximum atomic E-state index is 6.67. The summed E-state index contributed by atoms with van der Waals surface area (Å²) in [7, 11) is -0.986. The Bertz CT molecular complexity index is 2390. The van der Waals surface area contributed by atoms with Gasteiger partial charge in [-0.05, 0) is 131 Å². The first-order valence-electron chi connectivity index (χ1n) is 18.4. The van der Waals surface area contributed by atoms with E-state index in [1.165, 1.54) is 0 Å². The van der Waals surface area contributed by atoms with Crippen molar-refractivity contribution in [1.29, 1.82) is 0 Å². The minimum absolute atomic E-state index is 0.424. The molecule has 0 N–H and O–H groups in total. The summed E-state index contributed by atoms with van der Waals surface area (Å²) in [5, 5.41) is 4.58. The molecule has 0 amide bonds. The average molecular weight is 687 g/mol. The van der Waals surface area contributed by atoms with E-state index in [-0.39, 0.29) is 0 Å². The Morgan fingerprint density at radius 1 is 0.577 bits per heavy atom. The van der Waals surface area contributed by atoms with Crippen LogP contribution in [0.2, 0.25) is 0 Å². The van der Waals surface area contributed by atoms with Gasteiger partial charge < -0.3 is 23.2 Å². The number of hydrogen-bond acceptors (Lipinski definition) is 4. The molecule has 52 heavy (non-hydrogen) atoms. The van der Waals surface area contributed by atoms with E-state index in [0.29, 0.717) is 0 Å². The molecular weight excluding hydrogens is 640 g/mol. The van der Waals surface area contributed by atoms with Gasteiger partial charge in [-0.1, -0.05) is 91.5 Å². The Labute approximate surface area is 308 Å². The van der Waals surface area contributed by atoms with Gasteiger partial charge in [-0.2, -0.15) is 0 Å². The van der Waals surface area contributed by atoms with Crippen LogP contribution in [0.15, 0.2) is 104 Å². The summed E-state index contributed by atoms with van der Waals surface area (Å²) in [6, 6.07) is 32.7. The highest BCUT2D eigenvalue weighted by Gasteiger charge is 2.53. The second-order valence-corrected chi connectivity index (χ2v) is 16.2. The Morgan fingerprint density at radius 2 is 1.15 bits per heavy atom. The Kier molecular flexibility index (Phi) is 8.05. The predicted octanol–water partition coefficient (Wildman–Crippen LogP) is 9.88. The van der Waals surface area contributed by atoms with Crippen LogP contribution in [0, 0.1) is 0 Å². The van der Waals surface area contributed by atoms with Gasteiger partial charge in [0.15, 0.2) is 0 Å². The van der Waals surface area contributed by atoms with Crippen LogP contribution in [-0.4, -0.2) is 41.2 Å². The fourth-order valence-corrected chi connectivity index (χ4v) is 7.74. The van der Waals surface area contributed by atoms with E-state index in [4.69, 9.17) is 18.6 Å². The van der Waals surface area contributed by atoms with E-state index in [2.05, 4.69) is 170 Å². The van der Waals surface area contributed by atoms with Crippen molar-refractivity contribution in [3.63, 3.8) is 0 Å². The number of fused-ring (bicyclic) bond motifs is 4. The van der Waals surface area contributed by atoms with Crippen molar-refractivity contribution in [1.82, 2.24) is 4.57 Å². The van der Waals surface area contributed by atoms with Crippen LogP contribution in [-0.2, 0) is 18.6 Å². The molecule has 1 aromatic heterocycles. The Hall–Kier alpha value is -4.39. The van der Waals surface area contributed by atoms with Crippen LogP contribution in [0.25, 0.3) is 61.5 Å². The molecule has 0 unspecified atom stereocenters. The lowest BCUT2D eigenvalue weighted by atomic mass is 9.73. The smallest absolute Gasteiger partial charge is 0.399 e. The van der Waals surface area contributed by atoms with Gasteiger partial charge in [0.05, 0.1) is 33.4 Å². The predicted molar refractivity (Wildman–Crippen MR) is 220 cm³/mol. The number of para-hydroxylation sites is 1. The Morgan fingerprint density at radius 3 is 1.75 bits per heavy atom. The molecule has 2 saturated heterocycles. The van der Waals surface area contributed by atoms with Crippen molar-refractivity contribution in [2.45, 2.75) is 84.7 Å². The standard InChI is InChI=1S/C45H47B2NO4/c1-11-18-34-31(12-2)41-36-24-23-29(32-25-26-37(35-22-17-16-21-33(32)35)46-49-42(3,4)43(5,6)50-46)27-39(36)48(30-19-14-13-15-20-30)40(41)28-38(34)47-51-44(7,8)45(9,10)52-47/h11-28H,2H2,1,3-10H3/b18-11-. The molecule has 5 aromatic carbocycles. The van der Waals surface area contributed by atoms with Gasteiger partial charge in [-0.25, -0.2) is 0 Å². The molecule has 0 aliphatic carbocycles. The van der Waals surface area contributed by atoms with Crippen LogP contribution >= 0.6 is 0 Å². The quantitative estimate of drug-likeness (QED) is 0.164. The highest BCUT2D eigenvalue weighted by molar-refractivity contribution is 6.65. The van der Waals surface area contributed by atoms with Gasteiger partial charge in [0, 0.05) is 16.5 Å². The zero-order valence-electron chi connectivity index (χ0n) is 31.8. The van der Waals surface area contributed by atoms with Gasteiger partial charge in [0.2, 0.25) is 0 Å². The fraction of sp³-hybridized carbons (Fsp3) is 0.289. The van der Waals surface area contributed by atoms with Gasteiger partial charge in [-0.3, -0.25) is 0 Å². The number of rotatable bonds is 6. The van der Waals surface area contributed by atoms with Gasteiger partial charge in [0.25, 0.3) is 0 Å². The molecule has 0 saturated carbocycles. The largest absolute Gasteiger partial charge is 0.495 e. The first-order chi connectivity index (χ1) is 24.7. The molecule has 2 aliphatic heterocycles. The minimum Gasteiger partial charge on any atom is -0.399 e. The molecule has 2 aliphatic rings. The number of allylic oxidation sites excluding steroid dienone is 1. The van der Waals surface area contributed by atoms with E-state index in [9.17, 15) is 0 Å². The first kappa shape index (κ1) is 34.7. The lowest BCUT2D eigenvalue weighted by Crippen LogP contribution is -2.41. The summed E-state index contributed by atoms with van der Waals surface area (Å²) >= 11 is 0. The third kappa shape index (κ3) is 5.24. The second kappa shape index (κ2) is 12.1. The molecule has 7 heteroatoms. The van der Waals surface area contributed by atoms with Crippen LogP contribution in [0.3, 0.4) is 0 Å². The van der Waals surface area contributed by atoms with E-state index in [0.717, 1.165) is 71.4 Å². The first-order valence-corrected chi connectivity index (χ1v) is 18.4. The number of nitrogens with zero attached hydrogens (tertiary/aromatic N) is 1. The summed E-state index contributed by atoms with van der Waals surface area (Å²) < 4.78 is 28.8. The summed E-state index contributed by atoms with van der Waals surface area (Å²) in [4.78, 5) is 0. The molecule has 0 atom stereocenters. The lowest BCUT2D eigenvalue weighted by molar-refractivity contribution is 0.00578. The SMILES string of the molecule is C=Cc1c(/C=C\C)c(B2OC(C)(C)C(C)(C)O2)cc2c1c1ccc(-c3ccc(B4OC(C)(C)C(C)(C)O4)c4ccccc34)cc1n2-c1ccccc1. The van der Waals surface area contributed by atoms with Crippen LogP contribution in [0.4, 0.5) is 0 Å². The van der Waals surface area contributed by atoms with Crippen molar-refractivity contribution in [3.05, 3.63) is 115 Å². The number of aromatic nitrogens is 1. The summed E-state index contributed by atoms with van der Waals surface area (Å²) in [5.74, 6) is 0. The highest BCUT2D eigenvalue weighted by Crippen LogP contribution is 2.42. The Balaban J connectivity index is 1.38. The minimum atomic E-state index is -0.536. The van der Waals surface area contributed by atoms with Crippen molar-refractivity contribution in [3.8, 4) is 16.8 Å². The van der Waals surface area contributed by atoms with Crippen molar-refractivity contribution < 1.29 is 18.6 Å². The summed E-state index contributed by atoms with van der Waals surface area (Å²) in [5.41, 5.74) is 7.89. The highest BCUT2D eigenvalue weighted by atomic mass is 16.7. The molecule has 3 heterocycles.